The number of carbonyl (C=O) groups is 3. The fourth-order valence-corrected chi connectivity index (χ4v) is 3.32. The molecular formula is C22H24FN3O3. The van der Waals surface area contributed by atoms with E-state index in [1.165, 1.54) is 25.1 Å². The van der Waals surface area contributed by atoms with Gasteiger partial charge >= 0.3 is 0 Å². The van der Waals surface area contributed by atoms with Gasteiger partial charge in [0.25, 0.3) is 0 Å². The highest BCUT2D eigenvalue weighted by Gasteiger charge is 2.35. The van der Waals surface area contributed by atoms with Crippen molar-refractivity contribution in [2.24, 2.45) is 5.92 Å². The van der Waals surface area contributed by atoms with E-state index in [0.717, 1.165) is 11.3 Å². The van der Waals surface area contributed by atoms with Crippen molar-refractivity contribution in [3.05, 3.63) is 53.8 Å². The minimum Gasteiger partial charge on any atom is -0.326 e. The third-order valence-corrected chi connectivity index (χ3v) is 4.89. The predicted molar refractivity (Wildman–Crippen MR) is 110 cm³/mol. The number of anilines is 3. The molecule has 2 N–H and O–H groups in total. The van der Waals surface area contributed by atoms with Crippen LogP contribution in [0.25, 0.3) is 0 Å². The van der Waals surface area contributed by atoms with E-state index in [1.807, 2.05) is 24.3 Å². The second kappa shape index (κ2) is 8.43. The maximum atomic E-state index is 14.1. The van der Waals surface area contributed by atoms with Gasteiger partial charge in [-0.05, 0) is 41.8 Å². The van der Waals surface area contributed by atoms with Gasteiger partial charge in [0.2, 0.25) is 17.7 Å². The predicted octanol–water partition coefficient (Wildman–Crippen LogP) is 3.90. The highest BCUT2D eigenvalue weighted by atomic mass is 19.1. The van der Waals surface area contributed by atoms with Crippen LogP contribution < -0.4 is 15.5 Å². The van der Waals surface area contributed by atoms with Gasteiger partial charge in [-0.2, -0.15) is 0 Å². The third-order valence-electron chi connectivity index (χ3n) is 4.89. The van der Waals surface area contributed by atoms with Crippen LogP contribution in [0.5, 0.6) is 0 Å². The second-order valence-electron chi connectivity index (χ2n) is 7.52. The summed E-state index contributed by atoms with van der Waals surface area (Å²) in [5.74, 6) is -1.74. The number of benzene rings is 2. The van der Waals surface area contributed by atoms with E-state index in [1.54, 1.807) is 4.90 Å². The molecule has 1 fully saturated rings. The van der Waals surface area contributed by atoms with Crippen LogP contribution in [0.1, 0.15) is 38.7 Å². The van der Waals surface area contributed by atoms with E-state index in [2.05, 4.69) is 24.5 Å². The van der Waals surface area contributed by atoms with Crippen molar-refractivity contribution in [1.29, 1.82) is 0 Å². The summed E-state index contributed by atoms with van der Waals surface area (Å²) in [6.45, 7) is 5.73. The highest BCUT2D eigenvalue weighted by Crippen LogP contribution is 2.29. The molecule has 152 valence electrons. The number of hydrogen-bond donors (Lipinski definition) is 2. The molecule has 0 aliphatic carbocycles. The quantitative estimate of drug-likeness (QED) is 0.803. The van der Waals surface area contributed by atoms with Gasteiger partial charge in [-0.15, -0.1) is 0 Å². The van der Waals surface area contributed by atoms with Crippen molar-refractivity contribution >= 4 is 34.8 Å². The Kier molecular flexibility index (Phi) is 5.96. The van der Waals surface area contributed by atoms with Crippen molar-refractivity contribution in [3.63, 3.8) is 0 Å². The van der Waals surface area contributed by atoms with Crippen LogP contribution in [0.4, 0.5) is 21.5 Å². The highest BCUT2D eigenvalue weighted by molar-refractivity contribution is 6.03. The van der Waals surface area contributed by atoms with Gasteiger partial charge in [0, 0.05) is 31.3 Å². The van der Waals surface area contributed by atoms with E-state index >= 15 is 0 Å². The third kappa shape index (κ3) is 4.80. The van der Waals surface area contributed by atoms with Crippen molar-refractivity contribution in [2.45, 2.75) is 33.1 Å². The smallest absolute Gasteiger partial charge is 0.229 e. The van der Waals surface area contributed by atoms with Crippen molar-refractivity contribution < 1.29 is 18.8 Å². The lowest BCUT2D eigenvalue weighted by Crippen LogP contribution is -2.28. The summed E-state index contributed by atoms with van der Waals surface area (Å²) in [5.41, 5.74) is 2.22. The zero-order chi connectivity index (χ0) is 21.1. The average molecular weight is 397 g/mol. The minimum absolute atomic E-state index is 0.0334. The maximum Gasteiger partial charge on any atom is 0.229 e. The molecule has 3 amide bonds. The molecule has 1 aliphatic heterocycles. The first-order valence-electron chi connectivity index (χ1n) is 9.53. The Morgan fingerprint density at radius 2 is 1.90 bits per heavy atom. The van der Waals surface area contributed by atoms with Crippen molar-refractivity contribution in [3.8, 4) is 0 Å². The molecule has 2 aromatic rings. The molecule has 1 aliphatic rings. The van der Waals surface area contributed by atoms with Crippen LogP contribution >= 0.6 is 0 Å². The minimum atomic E-state index is -0.613. The van der Waals surface area contributed by atoms with Crippen LogP contribution in [-0.2, 0) is 14.4 Å². The van der Waals surface area contributed by atoms with Gasteiger partial charge in [0.15, 0.2) is 0 Å². The van der Waals surface area contributed by atoms with Gasteiger partial charge < -0.3 is 15.5 Å². The number of amides is 3. The number of halogens is 1. The van der Waals surface area contributed by atoms with Crippen LogP contribution in [0, 0.1) is 11.7 Å². The number of carbonyl (C=O) groups excluding carboxylic acids is 3. The Morgan fingerprint density at radius 3 is 2.59 bits per heavy atom. The van der Waals surface area contributed by atoms with Crippen molar-refractivity contribution in [1.82, 2.24) is 0 Å². The summed E-state index contributed by atoms with van der Waals surface area (Å²) in [6.07, 6.45) is 0.0603. The van der Waals surface area contributed by atoms with E-state index in [0.29, 0.717) is 11.6 Å². The zero-order valence-electron chi connectivity index (χ0n) is 16.7. The Hall–Kier alpha value is -3.22. The van der Waals surface area contributed by atoms with Crippen molar-refractivity contribution in [2.75, 3.05) is 22.1 Å². The molecule has 1 saturated heterocycles. The molecule has 1 heterocycles. The topological polar surface area (TPSA) is 78.5 Å². The molecule has 7 heteroatoms. The lowest BCUT2D eigenvalue weighted by molar-refractivity contribution is -0.122. The van der Waals surface area contributed by atoms with Gasteiger partial charge in [-0.3, -0.25) is 14.4 Å². The fraction of sp³-hybridized carbons (Fsp3) is 0.318. The lowest BCUT2D eigenvalue weighted by Gasteiger charge is -2.18. The van der Waals surface area contributed by atoms with E-state index in [4.69, 9.17) is 0 Å². The molecule has 0 bridgehead atoms. The molecule has 0 aromatic heterocycles. The Balaban J connectivity index is 1.73. The molecule has 29 heavy (non-hydrogen) atoms. The summed E-state index contributed by atoms with van der Waals surface area (Å²) >= 11 is 0. The van der Waals surface area contributed by atoms with Crippen LogP contribution in [0.3, 0.4) is 0 Å². The summed E-state index contributed by atoms with van der Waals surface area (Å²) in [5, 5.41) is 5.09. The van der Waals surface area contributed by atoms with Crippen LogP contribution in [0.15, 0.2) is 42.5 Å². The molecule has 0 radical (unpaired) electrons. The SMILES string of the molecule is CC(=O)Nc1ccc(F)c(NC(=O)[C@@H]2CC(=O)N(c3cccc(C(C)C)c3)C2)c1. The Labute approximate surface area is 169 Å². The van der Waals surface area contributed by atoms with Crippen LogP contribution in [-0.4, -0.2) is 24.3 Å². The molecule has 0 unspecified atom stereocenters. The molecule has 0 saturated carbocycles. The lowest BCUT2D eigenvalue weighted by atomic mass is 10.0. The molecule has 1 atom stereocenters. The average Bonchev–Trinajstić information content (AvgIpc) is 3.06. The van der Waals surface area contributed by atoms with E-state index in [-0.39, 0.29) is 30.5 Å². The van der Waals surface area contributed by atoms with E-state index in [9.17, 15) is 18.8 Å². The Morgan fingerprint density at radius 1 is 1.14 bits per heavy atom. The first-order chi connectivity index (χ1) is 13.7. The van der Waals surface area contributed by atoms with Gasteiger partial charge in [-0.1, -0.05) is 26.0 Å². The van der Waals surface area contributed by atoms with E-state index < -0.39 is 17.6 Å². The molecule has 0 spiro atoms. The largest absolute Gasteiger partial charge is 0.326 e. The maximum absolute atomic E-state index is 14.1. The number of hydrogen-bond acceptors (Lipinski definition) is 3. The zero-order valence-corrected chi connectivity index (χ0v) is 16.7. The van der Waals surface area contributed by atoms with Gasteiger partial charge in [-0.25, -0.2) is 4.39 Å². The molecule has 2 aromatic carbocycles. The Bertz CT molecular complexity index is 958. The standard InChI is InChI=1S/C22H24FN3O3/c1-13(2)15-5-4-6-18(9-15)26-12-16(10-21(26)28)22(29)25-20-11-17(24-14(3)27)7-8-19(20)23/h4-9,11,13,16H,10,12H2,1-3H3,(H,24,27)(H,25,29)/t16-/m1/s1. The molecule has 6 nitrogen and oxygen atoms in total. The first kappa shape index (κ1) is 20.5. The first-order valence-corrected chi connectivity index (χ1v) is 9.53. The van der Waals surface area contributed by atoms with Gasteiger partial charge in [0.05, 0.1) is 11.6 Å². The summed E-state index contributed by atoms with van der Waals surface area (Å²) < 4.78 is 14.1. The second-order valence-corrected chi connectivity index (χ2v) is 7.52. The fourth-order valence-electron chi connectivity index (χ4n) is 3.32. The monoisotopic (exact) mass is 397 g/mol. The van der Waals surface area contributed by atoms with Crippen LogP contribution in [0.2, 0.25) is 0 Å². The number of nitrogens with zero attached hydrogens (tertiary/aromatic N) is 1. The molecular weight excluding hydrogens is 373 g/mol. The molecule has 3 rings (SSSR count). The van der Waals surface area contributed by atoms with Gasteiger partial charge in [0.1, 0.15) is 5.82 Å². The summed E-state index contributed by atoms with van der Waals surface area (Å²) in [4.78, 5) is 37.9. The number of nitrogens with one attached hydrogen (secondary N) is 2. The summed E-state index contributed by atoms with van der Waals surface area (Å²) in [7, 11) is 0. The normalized spacial score (nSPS) is 16.2. The number of rotatable bonds is 5. The summed E-state index contributed by atoms with van der Waals surface area (Å²) in [6, 6.07) is 11.6.